The zero-order valence-corrected chi connectivity index (χ0v) is 15.5. The number of likely N-dealkylation sites (tertiary alicyclic amines) is 1. The lowest BCUT2D eigenvalue weighted by atomic mass is 10.1. The van der Waals surface area contributed by atoms with Crippen molar-refractivity contribution in [1.29, 1.82) is 0 Å². The Morgan fingerprint density at radius 2 is 2.13 bits per heavy atom. The molecular formula is C18H32N4S. The van der Waals surface area contributed by atoms with Crippen LogP contribution in [0.4, 0.5) is 0 Å². The Morgan fingerprint density at radius 1 is 1.30 bits per heavy atom. The maximum Gasteiger partial charge on any atom is 0.190 e. The summed E-state index contributed by atoms with van der Waals surface area (Å²) in [6.45, 7) is 8.12. The molecule has 0 spiro atoms. The molecule has 4 nitrogen and oxygen atoms in total. The summed E-state index contributed by atoms with van der Waals surface area (Å²) in [4.78, 5) is 8.36. The van der Waals surface area contributed by atoms with Crippen LogP contribution in [0, 0.1) is 5.92 Å². The first-order chi connectivity index (χ1) is 11.3. The molecule has 0 radical (unpaired) electrons. The highest BCUT2D eigenvalue weighted by Crippen LogP contribution is 2.13. The van der Waals surface area contributed by atoms with Gasteiger partial charge in [0.15, 0.2) is 5.96 Å². The first-order valence-electron chi connectivity index (χ1n) is 8.97. The third-order valence-electron chi connectivity index (χ3n) is 4.36. The molecule has 1 fully saturated rings. The number of unbranched alkanes of at least 4 members (excludes halogenated alkanes) is 1. The summed E-state index contributed by atoms with van der Waals surface area (Å²) >= 11 is 1.84. The van der Waals surface area contributed by atoms with Gasteiger partial charge in [0.05, 0.1) is 0 Å². The maximum absolute atomic E-state index is 4.32. The summed E-state index contributed by atoms with van der Waals surface area (Å²) in [6.07, 6.45) is 6.40. The molecule has 1 aromatic rings. The van der Waals surface area contributed by atoms with Crippen molar-refractivity contribution in [3.8, 4) is 0 Å². The number of rotatable bonds is 9. The van der Waals surface area contributed by atoms with Crippen LogP contribution in [0.1, 0.15) is 37.5 Å². The summed E-state index contributed by atoms with van der Waals surface area (Å²) in [5.41, 5.74) is 0. The van der Waals surface area contributed by atoms with Crippen molar-refractivity contribution in [2.24, 2.45) is 10.9 Å². The highest BCUT2D eigenvalue weighted by molar-refractivity contribution is 7.09. The lowest BCUT2D eigenvalue weighted by Crippen LogP contribution is -2.40. The Bertz CT molecular complexity index is 438. The van der Waals surface area contributed by atoms with Crippen molar-refractivity contribution in [3.63, 3.8) is 0 Å². The second-order valence-corrected chi connectivity index (χ2v) is 7.56. The maximum atomic E-state index is 4.32. The molecule has 5 heteroatoms. The number of nitrogens with zero attached hydrogens (tertiary/aromatic N) is 2. The molecule has 2 N–H and O–H groups in total. The fourth-order valence-electron chi connectivity index (χ4n) is 3.01. The Hall–Kier alpha value is -1.07. The molecule has 2 rings (SSSR count). The van der Waals surface area contributed by atoms with Crippen molar-refractivity contribution in [1.82, 2.24) is 15.5 Å². The first-order valence-corrected chi connectivity index (χ1v) is 9.85. The van der Waals surface area contributed by atoms with Crippen LogP contribution < -0.4 is 10.6 Å². The van der Waals surface area contributed by atoms with Crippen LogP contribution >= 0.6 is 11.3 Å². The van der Waals surface area contributed by atoms with E-state index in [1.165, 1.54) is 50.2 Å². The third-order valence-corrected chi connectivity index (χ3v) is 5.26. The largest absolute Gasteiger partial charge is 0.356 e. The molecule has 23 heavy (non-hydrogen) atoms. The topological polar surface area (TPSA) is 39.7 Å². The molecule has 0 saturated carbocycles. The lowest BCUT2D eigenvalue weighted by molar-refractivity contribution is 0.330. The molecule has 0 aliphatic carbocycles. The van der Waals surface area contributed by atoms with E-state index in [1.807, 2.05) is 18.4 Å². The van der Waals surface area contributed by atoms with Gasteiger partial charge in [0.25, 0.3) is 0 Å². The third kappa shape index (κ3) is 7.36. The summed E-state index contributed by atoms with van der Waals surface area (Å²) in [5, 5.41) is 9.03. The van der Waals surface area contributed by atoms with Gasteiger partial charge in [0, 0.05) is 25.0 Å². The fourth-order valence-corrected chi connectivity index (χ4v) is 3.88. The van der Waals surface area contributed by atoms with Crippen LogP contribution in [0.15, 0.2) is 22.5 Å². The van der Waals surface area contributed by atoms with Gasteiger partial charge in [-0.2, -0.15) is 0 Å². The van der Waals surface area contributed by atoms with Gasteiger partial charge in [-0.05, 0) is 69.1 Å². The Kier molecular flexibility index (Phi) is 8.47. The number of nitrogens with one attached hydrogen (secondary N) is 2. The summed E-state index contributed by atoms with van der Waals surface area (Å²) in [6, 6.07) is 4.34. The minimum absolute atomic E-state index is 0.613. The summed E-state index contributed by atoms with van der Waals surface area (Å²) in [5.74, 6) is 1.55. The van der Waals surface area contributed by atoms with Crippen molar-refractivity contribution in [2.45, 2.75) is 39.0 Å². The molecule has 1 aliphatic rings. The SMILES string of the molecule is CN=C(NCCCCN1CCCC1)NCC(C)Cc1cccs1. The second kappa shape index (κ2) is 10.7. The van der Waals surface area contributed by atoms with Crippen LogP contribution in [0.25, 0.3) is 0 Å². The Morgan fingerprint density at radius 3 is 2.83 bits per heavy atom. The quantitative estimate of drug-likeness (QED) is 0.414. The van der Waals surface area contributed by atoms with Gasteiger partial charge in [-0.1, -0.05) is 13.0 Å². The molecule has 130 valence electrons. The molecular weight excluding hydrogens is 304 g/mol. The zero-order valence-electron chi connectivity index (χ0n) is 14.7. The summed E-state index contributed by atoms with van der Waals surface area (Å²) in [7, 11) is 1.85. The normalized spacial score (nSPS) is 17.4. The van der Waals surface area contributed by atoms with Crippen LogP contribution in [-0.4, -0.2) is 50.6 Å². The van der Waals surface area contributed by atoms with E-state index in [0.29, 0.717) is 5.92 Å². The minimum Gasteiger partial charge on any atom is -0.356 e. The molecule has 1 aliphatic heterocycles. The van der Waals surface area contributed by atoms with E-state index in [4.69, 9.17) is 0 Å². The van der Waals surface area contributed by atoms with Crippen molar-refractivity contribution in [3.05, 3.63) is 22.4 Å². The van der Waals surface area contributed by atoms with E-state index in [1.54, 1.807) is 0 Å². The standard InChI is InChI=1S/C18H32N4S/c1-16(14-17-8-7-13-23-17)15-21-18(19-2)20-9-3-4-10-22-11-5-6-12-22/h7-8,13,16H,3-6,9-12,14-15H2,1-2H3,(H2,19,20,21). The number of hydrogen-bond acceptors (Lipinski definition) is 3. The summed E-state index contributed by atoms with van der Waals surface area (Å²) < 4.78 is 0. The molecule has 0 bridgehead atoms. The van der Waals surface area contributed by atoms with Gasteiger partial charge < -0.3 is 15.5 Å². The van der Waals surface area contributed by atoms with Gasteiger partial charge in [-0.15, -0.1) is 11.3 Å². The molecule has 2 heterocycles. The molecule has 1 atom stereocenters. The first kappa shape index (κ1) is 18.3. The fraction of sp³-hybridized carbons (Fsp3) is 0.722. The molecule has 0 aromatic carbocycles. The van der Waals surface area contributed by atoms with Gasteiger partial charge in [0.1, 0.15) is 0 Å². The average molecular weight is 337 g/mol. The highest BCUT2D eigenvalue weighted by Gasteiger charge is 2.10. The van der Waals surface area contributed by atoms with Crippen LogP contribution in [-0.2, 0) is 6.42 Å². The molecule has 1 saturated heterocycles. The highest BCUT2D eigenvalue weighted by atomic mass is 32.1. The average Bonchev–Trinajstić information content (AvgIpc) is 3.23. The smallest absolute Gasteiger partial charge is 0.190 e. The van der Waals surface area contributed by atoms with E-state index in [-0.39, 0.29) is 0 Å². The molecule has 1 aromatic heterocycles. The minimum atomic E-state index is 0.613. The molecule has 1 unspecified atom stereocenters. The second-order valence-electron chi connectivity index (χ2n) is 6.52. The zero-order chi connectivity index (χ0) is 16.3. The Labute approximate surface area is 145 Å². The number of aliphatic imine (C=N–C) groups is 1. The van der Waals surface area contributed by atoms with Crippen LogP contribution in [0.5, 0.6) is 0 Å². The monoisotopic (exact) mass is 336 g/mol. The predicted octanol–water partition coefficient (Wildman–Crippen LogP) is 2.97. The van der Waals surface area contributed by atoms with Crippen LogP contribution in [0.3, 0.4) is 0 Å². The number of guanidine groups is 1. The molecule has 0 amide bonds. The number of hydrogen-bond donors (Lipinski definition) is 2. The van der Waals surface area contributed by atoms with E-state index in [2.05, 4.69) is 45.0 Å². The van der Waals surface area contributed by atoms with Crippen molar-refractivity contribution in [2.75, 3.05) is 39.8 Å². The van der Waals surface area contributed by atoms with E-state index in [0.717, 1.165) is 25.5 Å². The Balaban J connectivity index is 1.52. The predicted molar refractivity (Wildman–Crippen MR) is 101 cm³/mol. The van der Waals surface area contributed by atoms with Gasteiger partial charge in [-0.25, -0.2) is 0 Å². The van der Waals surface area contributed by atoms with E-state index in [9.17, 15) is 0 Å². The lowest BCUT2D eigenvalue weighted by Gasteiger charge is -2.16. The number of thiophene rings is 1. The van der Waals surface area contributed by atoms with Gasteiger partial charge >= 0.3 is 0 Å². The van der Waals surface area contributed by atoms with Gasteiger partial charge in [0.2, 0.25) is 0 Å². The van der Waals surface area contributed by atoms with E-state index >= 15 is 0 Å². The van der Waals surface area contributed by atoms with Crippen molar-refractivity contribution >= 4 is 17.3 Å². The van der Waals surface area contributed by atoms with E-state index < -0.39 is 0 Å². The van der Waals surface area contributed by atoms with Crippen molar-refractivity contribution < 1.29 is 0 Å². The van der Waals surface area contributed by atoms with Gasteiger partial charge in [-0.3, -0.25) is 4.99 Å². The van der Waals surface area contributed by atoms with Crippen LogP contribution in [0.2, 0.25) is 0 Å².